The molecule has 4 heteroatoms. The third kappa shape index (κ3) is 4.05. The van der Waals surface area contributed by atoms with Crippen molar-refractivity contribution in [2.75, 3.05) is 25.3 Å². The first-order valence-electron chi connectivity index (χ1n) is 7.27. The van der Waals surface area contributed by atoms with Crippen LogP contribution >= 0.6 is 0 Å². The molecule has 0 saturated carbocycles. The van der Waals surface area contributed by atoms with Crippen LogP contribution in [0.3, 0.4) is 0 Å². The van der Waals surface area contributed by atoms with Crippen molar-refractivity contribution >= 4 is 11.6 Å². The van der Waals surface area contributed by atoms with Crippen LogP contribution < -0.4 is 4.90 Å². The van der Waals surface area contributed by atoms with Crippen LogP contribution in [0.5, 0.6) is 0 Å². The Morgan fingerprint density at radius 2 is 1.95 bits per heavy atom. The van der Waals surface area contributed by atoms with E-state index in [1.165, 1.54) is 4.90 Å². The lowest BCUT2D eigenvalue weighted by Crippen LogP contribution is -2.37. The van der Waals surface area contributed by atoms with E-state index < -0.39 is 6.61 Å². The zero-order chi connectivity index (χ0) is 16.2. The van der Waals surface area contributed by atoms with Gasteiger partial charge in [0.1, 0.15) is 13.3 Å². The zero-order valence-electron chi connectivity index (χ0n) is 13.9. The molecule has 0 saturated heterocycles. The van der Waals surface area contributed by atoms with Gasteiger partial charge in [0.05, 0.1) is 5.69 Å². The maximum absolute atomic E-state index is 12.2. The molecule has 118 valence electrons. The van der Waals surface area contributed by atoms with E-state index in [9.17, 15) is 9.90 Å². The van der Waals surface area contributed by atoms with Crippen molar-refractivity contribution in [2.45, 2.75) is 46.0 Å². The lowest BCUT2D eigenvalue weighted by Gasteiger charge is -2.32. The van der Waals surface area contributed by atoms with E-state index in [0.29, 0.717) is 0 Å². The molecule has 0 heterocycles. The normalized spacial score (nSPS) is 11.8. The third-order valence-corrected chi connectivity index (χ3v) is 3.46. The van der Waals surface area contributed by atoms with Crippen molar-refractivity contribution in [1.29, 1.82) is 0 Å². The minimum absolute atomic E-state index is 0.109. The topological polar surface area (TPSA) is 49.8 Å². The molecule has 1 rings (SSSR count). The Bertz CT molecular complexity index is 489. The molecule has 0 aliphatic rings. The van der Waals surface area contributed by atoms with Crippen molar-refractivity contribution in [2.24, 2.45) is 0 Å². The summed E-state index contributed by atoms with van der Waals surface area (Å²) in [5, 5.41) is 9.27. The first-order chi connectivity index (χ1) is 9.73. The summed E-state index contributed by atoms with van der Waals surface area (Å²) in [7, 11) is 1.55. The number of ether oxygens (including phenoxy) is 1. The van der Waals surface area contributed by atoms with Gasteiger partial charge >= 0.3 is 0 Å². The highest BCUT2D eigenvalue weighted by atomic mass is 16.5. The third-order valence-electron chi connectivity index (χ3n) is 3.46. The number of hydrogen-bond donors (Lipinski definition) is 1. The van der Waals surface area contributed by atoms with Crippen LogP contribution in [-0.4, -0.2) is 31.5 Å². The van der Waals surface area contributed by atoms with Crippen LogP contribution in [0.15, 0.2) is 18.2 Å². The highest BCUT2D eigenvalue weighted by Gasteiger charge is 2.27. The Balaban J connectivity index is 3.57. The van der Waals surface area contributed by atoms with Gasteiger partial charge in [-0.3, -0.25) is 9.69 Å². The molecule has 0 fully saturated rings. The monoisotopic (exact) mass is 293 g/mol. The first-order valence-corrected chi connectivity index (χ1v) is 7.27. The molecule has 0 aliphatic heterocycles. The Hall–Kier alpha value is -1.39. The van der Waals surface area contributed by atoms with Crippen LogP contribution in [0.4, 0.5) is 5.69 Å². The Morgan fingerprint density at radius 1 is 1.33 bits per heavy atom. The van der Waals surface area contributed by atoms with Gasteiger partial charge in [-0.25, -0.2) is 0 Å². The number of carbonyl (C=O) groups is 1. The number of methoxy groups -OCH3 is 1. The highest BCUT2D eigenvalue weighted by Crippen LogP contribution is 2.38. The molecule has 0 atom stereocenters. The van der Waals surface area contributed by atoms with Crippen LogP contribution in [0.1, 0.15) is 51.7 Å². The zero-order valence-corrected chi connectivity index (χ0v) is 13.9. The summed E-state index contributed by atoms with van der Waals surface area (Å²) < 4.78 is 5.18. The molecule has 1 amide bonds. The predicted octanol–water partition coefficient (Wildman–Crippen LogP) is 3.04. The van der Waals surface area contributed by atoms with Crippen molar-refractivity contribution < 1.29 is 14.6 Å². The van der Waals surface area contributed by atoms with Gasteiger partial charge < -0.3 is 9.84 Å². The molecule has 0 aromatic heterocycles. The van der Waals surface area contributed by atoms with Gasteiger partial charge in [0.15, 0.2) is 0 Å². The number of amides is 1. The Labute approximate surface area is 127 Å². The Kier molecular flexibility index (Phi) is 5.93. The van der Waals surface area contributed by atoms with E-state index in [-0.39, 0.29) is 24.0 Å². The number of rotatable bonds is 5. The number of anilines is 1. The second-order valence-electron chi connectivity index (χ2n) is 6.55. The fourth-order valence-corrected chi connectivity index (χ4v) is 2.41. The second kappa shape index (κ2) is 7.05. The minimum Gasteiger partial charge on any atom is -0.387 e. The quantitative estimate of drug-likeness (QED) is 0.849. The first kappa shape index (κ1) is 17.7. The summed E-state index contributed by atoms with van der Waals surface area (Å²) in [4.78, 5) is 13.7. The van der Waals surface area contributed by atoms with Crippen molar-refractivity contribution in [3.05, 3.63) is 29.3 Å². The fraction of sp³-hybridized carbons (Fsp3) is 0.588. The molecular formula is C17H27NO3. The number of para-hydroxylation sites is 1. The van der Waals surface area contributed by atoms with Gasteiger partial charge in [-0.2, -0.15) is 0 Å². The molecule has 4 nitrogen and oxygen atoms in total. The molecular weight excluding hydrogens is 266 g/mol. The lowest BCUT2D eigenvalue weighted by molar-refractivity contribution is -0.122. The second-order valence-corrected chi connectivity index (χ2v) is 6.55. The highest BCUT2D eigenvalue weighted by molar-refractivity contribution is 5.96. The molecule has 0 aliphatic carbocycles. The fourth-order valence-electron chi connectivity index (χ4n) is 2.41. The molecule has 1 aromatic rings. The van der Waals surface area contributed by atoms with Gasteiger partial charge in [0.25, 0.3) is 5.91 Å². The molecule has 1 N–H and O–H groups in total. The largest absolute Gasteiger partial charge is 0.387 e. The number of aliphatic hydroxyl groups is 1. The smallest absolute Gasteiger partial charge is 0.254 e. The minimum atomic E-state index is -0.528. The van der Waals surface area contributed by atoms with Gasteiger partial charge in [0.2, 0.25) is 0 Å². The molecule has 0 bridgehead atoms. The summed E-state index contributed by atoms with van der Waals surface area (Å²) >= 11 is 0. The number of hydrogen-bond acceptors (Lipinski definition) is 3. The molecule has 0 radical (unpaired) electrons. The van der Waals surface area contributed by atoms with E-state index in [4.69, 9.17) is 4.74 Å². The van der Waals surface area contributed by atoms with Gasteiger partial charge in [0, 0.05) is 7.11 Å². The van der Waals surface area contributed by atoms with Crippen molar-refractivity contribution in [3.63, 3.8) is 0 Å². The standard InChI is InChI=1S/C17H27NO3/c1-12(2)13-8-7-9-14(17(3,4)5)16(13)18(11-21-6)15(20)10-19/h7-9,12,19H,10-11H2,1-6H3. The van der Waals surface area contributed by atoms with Crippen LogP contribution in [0.2, 0.25) is 0 Å². The van der Waals surface area contributed by atoms with E-state index in [1.54, 1.807) is 7.11 Å². The van der Waals surface area contributed by atoms with Gasteiger partial charge in [-0.1, -0.05) is 52.8 Å². The maximum Gasteiger partial charge on any atom is 0.254 e. The predicted molar refractivity (Wildman–Crippen MR) is 85.7 cm³/mol. The molecule has 0 unspecified atom stereocenters. The van der Waals surface area contributed by atoms with Gasteiger partial charge in [-0.15, -0.1) is 0 Å². The molecule has 1 aromatic carbocycles. The van der Waals surface area contributed by atoms with Gasteiger partial charge in [-0.05, 0) is 22.5 Å². The van der Waals surface area contributed by atoms with E-state index in [0.717, 1.165) is 16.8 Å². The number of carbonyl (C=O) groups excluding carboxylic acids is 1. The summed E-state index contributed by atoms with van der Waals surface area (Å²) in [6.07, 6.45) is 0. The SMILES string of the molecule is COCN(C(=O)CO)c1c(C(C)C)cccc1C(C)(C)C. The van der Waals surface area contributed by atoms with E-state index in [1.807, 2.05) is 18.2 Å². The number of nitrogens with zero attached hydrogens (tertiary/aromatic N) is 1. The van der Waals surface area contributed by atoms with Crippen molar-refractivity contribution in [3.8, 4) is 0 Å². The lowest BCUT2D eigenvalue weighted by atomic mass is 9.82. The van der Waals surface area contributed by atoms with Crippen LogP contribution in [-0.2, 0) is 14.9 Å². The van der Waals surface area contributed by atoms with E-state index >= 15 is 0 Å². The van der Waals surface area contributed by atoms with Crippen LogP contribution in [0, 0.1) is 0 Å². The Morgan fingerprint density at radius 3 is 2.38 bits per heavy atom. The maximum atomic E-state index is 12.2. The molecule has 21 heavy (non-hydrogen) atoms. The average molecular weight is 293 g/mol. The van der Waals surface area contributed by atoms with Crippen molar-refractivity contribution in [1.82, 2.24) is 0 Å². The number of aliphatic hydroxyl groups excluding tert-OH is 1. The summed E-state index contributed by atoms with van der Waals surface area (Å²) in [6.45, 7) is 10.1. The summed E-state index contributed by atoms with van der Waals surface area (Å²) in [5.74, 6) is -0.0800. The molecule has 0 spiro atoms. The van der Waals surface area contributed by atoms with Crippen LogP contribution in [0.25, 0.3) is 0 Å². The van der Waals surface area contributed by atoms with E-state index in [2.05, 4.69) is 34.6 Å². The number of benzene rings is 1. The summed E-state index contributed by atoms with van der Waals surface area (Å²) in [5.41, 5.74) is 2.91. The average Bonchev–Trinajstić information content (AvgIpc) is 2.42. The summed E-state index contributed by atoms with van der Waals surface area (Å²) in [6, 6.07) is 6.09.